The number of hydrogen-bond acceptors (Lipinski definition) is 3. The van der Waals surface area contributed by atoms with Crippen molar-refractivity contribution in [2.45, 2.75) is 85.1 Å². The Balaban J connectivity index is 1.94. The zero-order chi connectivity index (χ0) is 24.6. The molecule has 0 bridgehead atoms. The van der Waals surface area contributed by atoms with Crippen LogP contribution in [0.2, 0.25) is 0 Å². The topological polar surface area (TPSA) is 53.8 Å². The number of unbranched alkanes of at least 4 members (excludes halogenated alkanes) is 6. The van der Waals surface area contributed by atoms with E-state index in [0.29, 0.717) is 32.0 Å². The molecular weight excluding hydrogens is 424 g/mol. The van der Waals surface area contributed by atoms with Crippen LogP contribution in [-0.4, -0.2) is 41.2 Å². The van der Waals surface area contributed by atoms with Crippen LogP contribution in [0.25, 0.3) is 0 Å². The molecule has 0 aliphatic heterocycles. The third-order valence-corrected chi connectivity index (χ3v) is 6.05. The van der Waals surface area contributed by atoms with Crippen molar-refractivity contribution in [1.82, 2.24) is 9.80 Å². The molecule has 1 aromatic carbocycles. The van der Waals surface area contributed by atoms with Gasteiger partial charge in [-0.1, -0.05) is 89.6 Å². The van der Waals surface area contributed by atoms with Crippen molar-refractivity contribution in [2.75, 3.05) is 19.6 Å². The van der Waals surface area contributed by atoms with Gasteiger partial charge in [0.1, 0.15) is 5.76 Å². The van der Waals surface area contributed by atoms with Crippen molar-refractivity contribution in [3.63, 3.8) is 0 Å². The average molecular weight is 469 g/mol. The zero-order valence-electron chi connectivity index (χ0n) is 21.5. The van der Waals surface area contributed by atoms with Crippen LogP contribution in [0.4, 0.5) is 0 Å². The molecule has 0 radical (unpaired) electrons. The molecule has 0 aliphatic rings. The highest BCUT2D eigenvalue weighted by molar-refractivity contribution is 5.84. The smallest absolute Gasteiger partial charge is 0.242 e. The predicted octanol–water partition coefficient (Wildman–Crippen LogP) is 6.48. The molecule has 2 aromatic rings. The van der Waals surface area contributed by atoms with E-state index in [0.717, 1.165) is 25.0 Å². The summed E-state index contributed by atoms with van der Waals surface area (Å²) in [7, 11) is 0. The number of hydrogen-bond donors (Lipinski definition) is 0. The number of rotatable bonds is 17. The summed E-state index contributed by atoms with van der Waals surface area (Å²) in [5, 5.41) is 0. The van der Waals surface area contributed by atoms with Gasteiger partial charge in [0.05, 0.1) is 19.4 Å². The molecule has 1 heterocycles. The monoisotopic (exact) mass is 468 g/mol. The Morgan fingerprint density at radius 1 is 0.853 bits per heavy atom. The summed E-state index contributed by atoms with van der Waals surface area (Å²) in [5.74, 6) is 1.14. The van der Waals surface area contributed by atoms with Crippen LogP contribution in [0, 0.1) is 5.92 Å². The van der Waals surface area contributed by atoms with Gasteiger partial charge >= 0.3 is 0 Å². The Morgan fingerprint density at radius 3 is 2.21 bits per heavy atom. The highest BCUT2D eigenvalue weighted by atomic mass is 16.3. The van der Waals surface area contributed by atoms with Gasteiger partial charge in [0, 0.05) is 19.5 Å². The third kappa shape index (κ3) is 11.0. The maximum Gasteiger partial charge on any atom is 0.242 e. The van der Waals surface area contributed by atoms with Crippen molar-refractivity contribution < 1.29 is 14.0 Å². The summed E-state index contributed by atoms with van der Waals surface area (Å²) in [6.07, 6.45) is 11.2. The van der Waals surface area contributed by atoms with E-state index < -0.39 is 0 Å². The number of amides is 2. The Labute approximate surface area is 206 Å². The highest BCUT2D eigenvalue weighted by Crippen LogP contribution is 2.13. The van der Waals surface area contributed by atoms with E-state index in [2.05, 4.69) is 32.9 Å². The molecule has 1 aromatic heterocycles. The maximum atomic E-state index is 13.4. The third-order valence-electron chi connectivity index (χ3n) is 6.05. The first-order valence-electron chi connectivity index (χ1n) is 13.1. The summed E-state index contributed by atoms with van der Waals surface area (Å²) in [6.45, 7) is 8.15. The van der Waals surface area contributed by atoms with Gasteiger partial charge in [0.25, 0.3) is 0 Å². The van der Waals surface area contributed by atoms with Crippen molar-refractivity contribution in [1.29, 1.82) is 0 Å². The van der Waals surface area contributed by atoms with Gasteiger partial charge in [-0.3, -0.25) is 9.59 Å². The van der Waals surface area contributed by atoms with Crippen molar-refractivity contribution in [3.05, 3.63) is 60.1 Å². The second-order valence-electron chi connectivity index (χ2n) is 9.67. The lowest BCUT2D eigenvalue weighted by atomic mass is 10.1. The number of benzene rings is 1. The Bertz CT molecular complexity index is 802. The molecular formula is C29H44N2O3. The van der Waals surface area contributed by atoms with Crippen LogP contribution in [0.15, 0.2) is 53.1 Å². The molecule has 5 nitrogen and oxygen atoms in total. The molecule has 0 unspecified atom stereocenters. The van der Waals surface area contributed by atoms with E-state index in [1.54, 1.807) is 11.2 Å². The molecule has 0 spiro atoms. The standard InChI is InChI=1S/C29H44N2O3/c1-4-5-6-7-8-9-13-18-28(32)31(22-25(2)3)24-29(33)30(23-27-17-14-21-34-27)20-19-26-15-11-10-12-16-26/h10-12,14-17,21,25H,4-9,13,18-20,22-24H2,1-3H3. The predicted molar refractivity (Wildman–Crippen MR) is 138 cm³/mol. The minimum atomic E-state index is -0.0269. The molecule has 34 heavy (non-hydrogen) atoms. The lowest BCUT2D eigenvalue weighted by Crippen LogP contribution is -2.44. The normalized spacial score (nSPS) is 11.1. The van der Waals surface area contributed by atoms with Gasteiger partial charge < -0.3 is 14.2 Å². The fourth-order valence-electron chi connectivity index (χ4n) is 4.14. The zero-order valence-corrected chi connectivity index (χ0v) is 21.5. The molecule has 0 saturated heterocycles. The Kier molecular flexibility index (Phi) is 13.1. The minimum absolute atomic E-state index is 0.0269. The van der Waals surface area contributed by atoms with E-state index in [1.165, 1.54) is 37.7 Å². The molecule has 5 heteroatoms. The second-order valence-corrected chi connectivity index (χ2v) is 9.67. The summed E-state index contributed by atoms with van der Waals surface area (Å²) in [4.78, 5) is 29.9. The van der Waals surface area contributed by atoms with E-state index in [-0.39, 0.29) is 18.4 Å². The highest BCUT2D eigenvalue weighted by Gasteiger charge is 2.22. The molecule has 0 aliphatic carbocycles. The lowest BCUT2D eigenvalue weighted by molar-refractivity contribution is -0.141. The quantitative estimate of drug-likeness (QED) is 0.250. The van der Waals surface area contributed by atoms with E-state index in [4.69, 9.17) is 4.42 Å². The van der Waals surface area contributed by atoms with Crippen molar-refractivity contribution >= 4 is 11.8 Å². The number of furan rings is 1. The number of nitrogens with zero attached hydrogens (tertiary/aromatic N) is 2. The Hall–Kier alpha value is -2.56. The summed E-state index contributed by atoms with van der Waals surface area (Å²) in [6, 6.07) is 13.9. The fraction of sp³-hybridized carbons (Fsp3) is 0.586. The first kappa shape index (κ1) is 27.7. The minimum Gasteiger partial charge on any atom is -0.467 e. The SMILES string of the molecule is CCCCCCCCCC(=O)N(CC(=O)N(CCc1ccccc1)Cc1ccco1)CC(C)C. The molecule has 2 rings (SSSR count). The van der Waals surface area contributed by atoms with Crippen molar-refractivity contribution in [2.24, 2.45) is 5.92 Å². The van der Waals surface area contributed by atoms with Gasteiger partial charge in [-0.05, 0) is 36.5 Å². The van der Waals surface area contributed by atoms with Crippen LogP contribution in [-0.2, 0) is 22.6 Å². The van der Waals surface area contributed by atoms with E-state index >= 15 is 0 Å². The van der Waals surface area contributed by atoms with Gasteiger partial charge in [-0.15, -0.1) is 0 Å². The molecule has 0 saturated carbocycles. The number of carbonyl (C=O) groups is 2. The first-order valence-corrected chi connectivity index (χ1v) is 13.1. The molecule has 0 N–H and O–H groups in total. The molecule has 0 atom stereocenters. The van der Waals surface area contributed by atoms with Gasteiger partial charge in [-0.25, -0.2) is 0 Å². The first-order chi connectivity index (χ1) is 16.5. The van der Waals surface area contributed by atoms with Crippen LogP contribution < -0.4 is 0 Å². The lowest BCUT2D eigenvalue weighted by Gasteiger charge is -2.28. The molecule has 188 valence electrons. The van der Waals surface area contributed by atoms with Gasteiger partial charge in [0.2, 0.25) is 11.8 Å². The number of carbonyl (C=O) groups excluding carboxylic acids is 2. The largest absolute Gasteiger partial charge is 0.467 e. The van der Waals surface area contributed by atoms with Crippen LogP contribution in [0.1, 0.15) is 83.5 Å². The van der Waals surface area contributed by atoms with E-state index in [1.807, 2.05) is 35.2 Å². The fourth-order valence-corrected chi connectivity index (χ4v) is 4.14. The summed E-state index contributed by atoms with van der Waals surface area (Å²) >= 11 is 0. The molecule has 0 fully saturated rings. The van der Waals surface area contributed by atoms with Crippen LogP contribution in [0.3, 0.4) is 0 Å². The maximum absolute atomic E-state index is 13.4. The molecule has 2 amide bonds. The van der Waals surface area contributed by atoms with Crippen LogP contribution >= 0.6 is 0 Å². The van der Waals surface area contributed by atoms with E-state index in [9.17, 15) is 9.59 Å². The van der Waals surface area contributed by atoms with Gasteiger partial charge in [-0.2, -0.15) is 0 Å². The second kappa shape index (κ2) is 16.1. The van der Waals surface area contributed by atoms with Gasteiger partial charge in [0.15, 0.2) is 0 Å². The Morgan fingerprint density at radius 2 is 1.56 bits per heavy atom. The average Bonchev–Trinajstić information content (AvgIpc) is 3.34. The van der Waals surface area contributed by atoms with Crippen molar-refractivity contribution in [3.8, 4) is 0 Å². The summed E-state index contributed by atoms with van der Waals surface area (Å²) in [5.41, 5.74) is 1.19. The van der Waals surface area contributed by atoms with Crippen LogP contribution in [0.5, 0.6) is 0 Å². The summed E-state index contributed by atoms with van der Waals surface area (Å²) < 4.78 is 5.51.